The van der Waals surface area contributed by atoms with Gasteiger partial charge in [0.2, 0.25) is 0 Å². The topological polar surface area (TPSA) is 32.3 Å². The van der Waals surface area contributed by atoms with E-state index in [0.29, 0.717) is 30.4 Å². The lowest BCUT2D eigenvalue weighted by Crippen LogP contribution is -2.44. The Kier molecular flexibility index (Phi) is 4.91. The second-order valence-electron chi connectivity index (χ2n) is 6.82. The first-order valence-corrected chi connectivity index (χ1v) is 8.36. The number of rotatable bonds is 5. The van der Waals surface area contributed by atoms with E-state index in [4.69, 9.17) is 0 Å². The lowest BCUT2D eigenvalue weighted by Gasteiger charge is -2.39. The largest absolute Gasteiger partial charge is 0.396 e. The van der Waals surface area contributed by atoms with Gasteiger partial charge in [-0.25, -0.2) is 4.39 Å². The molecule has 0 amide bonds. The summed E-state index contributed by atoms with van der Waals surface area (Å²) in [7, 11) is 0. The zero-order chi connectivity index (χ0) is 14.7. The van der Waals surface area contributed by atoms with Crippen LogP contribution in [0.15, 0.2) is 24.3 Å². The maximum absolute atomic E-state index is 13.2. The standard InChI is InChI=1S/C18H26FNO/c19-17-7-3-6-13(8-17)16-9-18(10-16)20-11-14-4-1-2-5-15(14)12-21/h3,6-8,14-16,18,20-21H,1-2,4-5,9-12H2. The Labute approximate surface area is 126 Å². The van der Waals surface area contributed by atoms with Crippen LogP contribution in [-0.4, -0.2) is 24.3 Å². The fourth-order valence-corrected chi connectivity index (χ4v) is 3.93. The van der Waals surface area contributed by atoms with E-state index in [1.165, 1.54) is 31.7 Å². The van der Waals surface area contributed by atoms with E-state index in [-0.39, 0.29) is 5.82 Å². The maximum atomic E-state index is 13.2. The van der Waals surface area contributed by atoms with Crippen molar-refractivity contribution < 1.29 is 9.50 Å². The average molecular weight is 291 g/mol. The van der Waals surface area contributed by atoms with Crippen LogP contribution < -0.4 is 5.32 Å². The number of halogens is 1. The molecule has 0 bridgehead atoms. The van der Waals surface area contributed by atoms with E-state index in [1.807, 2.05) is 6.07 Å². The highest BCUT2D eigenvalue weighted by atomic mass is 19.1. The highest BCUT2D eigenvalue weighted by Crippen LogP contribution is 2.37. The van der Waals surface area contributed by atoms with Crippen LogP contribution in [0.3, 0.4) is 0 Å². The summed E-state index contributed by atoms with van der Waals surface area (Å²) in [4.78, 5) is 0. The first-order chi connectivity index (χ1) is 10.3. The second kappa shape index (κ2) is 6.89. The highest BCUT2D eigenvalue weighted by molar-refractivity contribution is 5.23. The van der Waals surface area contributed by atoms with Crippen molar-refractivity contribution in [2.75, 3.05) is 13.2 Å². The van der Waals surface area contributed by atoms with Crippen molar-refractivity contribution in [1.29, 1.82) is 0 Å². The van der Waals surface area contributed by atoms with E-state index in [1.54, 1.807) is 12.1 Å². The van der Waals surface area contributed by atoms with Crippen LogP contribution in [0.25, 0.3) is 0 Å². The highest BCUT2D eigenvalue weighted by Gasteiger charge is 2.32. The zero-order valence-corrected chi connectivity index (χ0v) is 12.6. The predicted octanol–water partition coefficient (Wildman–Crippen LogP) is 3.46. The van der Waals surface area contributed by atoms with Crippen molar-refractivity contribution in [3.8, 4) is 0 Å². The van der Waals surface area contributed by atoms with Crippen LogP contribution in [0.4, 0.5) is 4.39 Å². The summed E-state index contributed by atoms with van der Waals surface area (Å²) in [6, 6.07) is 7.59. The molecule has 2 fully saturated rings. The van der Waals surface area contributed by atoms with Crippen LogP contribution in [-0.2, 0) is 0 Å². The van der Waals surface area contributed by atoms with E-state index < -0.39 is 0 Å². The Morgan fingerprint density at radius 2 is 1.90 bits per heavy atom. The maximum Gasteiger partial charge on any atom is 0.123 e. The molecule has 0 spiro atoms. The van der Waals surface area contributed by atoms with Gasteiger partial charge in [0.25, 0.3) is 0 Å². The lowest BCUT2D eigenvalue weighted by atomic mass is 9.75. The molecule has 21 heavy (non-hydrogen) atoms. The molecule has 2 aliphatic carbocycles. The Morgan fingerprint density at radius 1 is 1.14 bits per heavy atom. The Morgan fingerprint density at radius 3 is 2.62 bits per heavy atom. The van der Waals surface area contributed by atoms with Crippen LogP contribution in [0.5, 0.6) is 0 Å². The van der Waals surface area contributed by atoms with Crippen molar-refractivity contribution in [2.45, 2.75) is 50.5 Å². The molecule has 0 aliphatic heterocycles. The van der Waals surface area contributed by atoms with Crippen LogP contribution in [0.2, 0.25) is 0 Å². The summed E-state index contributed by atoms with van der Waals surface area (Å²) in [5, 5.41) is 13.1. The summed E-state index contributed by atoms with van der Waals surface area (Å²) in [6.07, 6.45) is 7.23. The SMILES string of the molecule is OCC1CCCCC1CNC1CC(c2cccc(F)c2)C1. The van der Waals surface area contributed by atoms with Gasteiger partial charge in [0.15, 0.2) is 0 Å². The number of nitrogens with one attached hydrogen (secondary N) is 1. The molecule has 0 heterocycles. The van der Waals surface area contributed by atoms with Gasteiger partial charge in [0.1, 0.15) is 5.82 Å². The summed E-state index contributed by atoms with van der Waals surface area (Å²) in [6.45, 7) is 1.37. The normalized spacial score (nSPS) is 32.7. The lowest BCUT2D eigenvalue weighted by molar-refractivity contribution is 0.126. The molecule has 116 valence electrons. The molecule has 0 saturated heterocycles. The van der Waals surface area contributed by atoms with Gasteiger partial charge in [0, 0.05) is 12.6 Å². The monoisotopic (exact) mass is 291 g/mol. The molecule has 0 aromatic heterocycles. The molecule has 3 rings (SSSR count). The smallest absolute Gasteiger partial charge is 0.123 e. The van der Waals surface area contributed by atoms with Gasteiger partial charge >= 0.3 is 0 Å². The van der Waals surface area contributed by atoms with Crippen molar-refractivity contribution in [3.63, 3.8) is 0 Å². The molecular formula is C18H26FNO. The summed E-state index contributed by atoms with van der Waals surface area (Å²) in [5.74, 6) is 1.51. The quantitative estimate of drug-likeness (QED) is 0.871. The first kappa shape index (κ1) is 15.0. The molecular weight excluding hydrogens is 265 g/mol. The third-order valence-corrected chi connectivity index (χ3v) is 5.43. The van der Waals surface area contributed by atoms with Crippen molar-refractivity contribution in [2.24, 2.45) is 11.8 Å². The van der Waals surface area contributed by atoms with Gasteiger partial charge in [-0.1, -0.05) is 25.0 Å². The number of hydrogen-bond acceptors (Lipinski definition) is 2. The first-order valence-electron chi connectivity index (χ1n) is 8.36. The van der Waals surface area contributed by atoms with Gasteiger partial charge in [-0.2, -0.15) is 0 Å². The predicted molar refractivity (Wildman–Crippen MR) is 82.7 cm³/mol. The molecule has 0 radical (unpaired) electrons. The minimum absolute atomic E-state index is 0.128. The third-order valence-electron chi connectivity index (χ3n) is 5.43. The number of aliphatic hydroxyl groups excluding tert-OH is 1. The molecule has 2 aliphatic rings. The fourth-order valence-electron chi connectivity index (χ4n) is 3.93. The molecule has 2 unspecified atom stereocenters. The van der Waals surface area contributed by atoms with Gasteiger partial charge in [-0.15, -0.1) is 0 Å². The van der Waals surface area contributed by atoms with E-state index in [9.17, 15) is 9.50 Å². The molecule has 2 atom stereocenters. The van der Waals surface area contributed by atoms with Crippen molar-refractivity contribution in [1.82, 2.24) is 5.32 Å². The Bertz CT molecular complexity index is 458. The molecule has 3 heteroatoms. The Hall–Kier alpha value is -0.930. The number of hydrogen-bond donors (Lipinski definition) is 2. The van der Waals surface area contributed by atoms with Gasteiger partial charge in [0.05, 0.1) is 0 Å². The van der Waals surface area contributed by atoms with E-state index >= 15 is 0 Å². The number of benzene rings is 1. The van der Waals surface area contributed by atoms with Crippen molar-refractivity contribution in [3.05, 3.63) is 35.6 Å². The molecule has 1 aromatic rings. The third kappa shape index (κ3) is 3.64. The molecule has 2 saturated carbocycles. The van der Waals surface area contributed by atoms with Crippen molar-refractivity contribution >= 4 is 0 Å². The fraction of sp³-hybridized carbons (Fsp3) is 0.667. The summed E-state index contributed by atoms with van der Waals surface area (Å²) < 4.78 is 13.2. The Balaban J connectivity index is 1.42. The minimum Gasteiger partial charge on any atom is -0.396 e. The molecule has 1 aromatic carbocycles. The van der Waals surface area contributed by atoms with Gasteiger partial charge in [-0.05, 0) is 67.7 Å². The van der Waals surface area contributed by atoms with Crippen LogP contribution >= 0.6 is 0 Å². The molecule has 2 N–H and O–H groups in total. The van der Waals surface area contributed by atoms with Gasteiger partial charge < -0.3 is 10.4 Å². The zero-order valence-electron chi connectivity index (χ0n) is 12.6. The summed E-state index contributed by atoms with van der Waals surface area (Å²) in [5.41, 5.74) is 1.14. The average Bonchev–Trinajstić information content (AvgIpc) is 2.46. The van der Waals surface area contributed by atoms with E-state index in [0.717, 1.165) is 24.9 Å². The van der Waals surface area contributed by atoms with Gasteiger partial charge in [-0.3, -0.25) is 0 Å². The van der Waals surface area contributed by atoms with E-state index in [2.05, 4.69) is 5.32 Å². The minimum atomic E-state index is -0.128. The number of aliphatic hydroxyl groups is 1. The molecule has 2 nitrogen and oxygen atoms in total. The van der Waals surface area contributed by atoms with Crippen LogP contribution in [0, 0.1) is 17.7 Å². The van der Waals surface area contributed by atoms with Crippen LogP contribution in [0.1, 0.15) is 50.0 Å². The summed E-state index contributed by atoms with van der Waals surface area (Å²) >= 11 is 0. The second-order valence-corrected chi connectivity index (χ2v) is 6.82.